The van der Waals surface area contributed by atoms with E-state index in [1.54, 1.807) is 14.2 Å². The molecule has 0 saturated heterocycles. The normalized spacial score (nSPS) is 12.2. The third-order valence-corrected chi connectivity index (χ3v) is 3.48. The third kappa shape index (κ3) is 3.19. The van der Waals surface area contributed by atoms with Gasteiger partial charge in [0.05, 0.1) is 32.0 Å². The minimum atomic E-state index is -0.0262. The summed E-state index contributed by atoms with van der Waals surface area (Å²) in [7, 11) is 5.27. The quantitative estimate of drug-likeness (QED) is 0.851. The average molecular weight is 289 g/mol. The molecule has 1 unspecified atom stereocenters. The molecule has 0 aliphatic rings. The van der Waals surface area contributed by atoms with Gasteiger partial charge in [-0.3, -0.25) is 4.68 Å². The topological polar surface area (TPSA) is 48.3 Å². The number of methoxy groups -OCH3 is 2. The van der Waals surface area contributed by atoms with Crippen molar-refractivity contribution < 1.29 is 9.47 Å². The molecule has 0 aliphatic carbocycles. The Kier molecular flexibility index (Phi) is 5.22. The van der Waals surface area contributed by atoms with Crippen LogP contribution in [-0.2, 0) is 6.54 Å². The molecule has 0 saturated carbocycles. The van der Waals surface area contributed by atoms with Crippen molar-refractivity contribution in [2.75, 3.05) is 21.3 Å². The van der Waals surface area contributed by atoms with Gasteiger partial charge >= 0.3 is 0 Å². The van der Waals surface area contributed by atoms with Crippen molar-refractivity contribution in [3.63, 3.8) is 0 Å². The number of ether oxygens (including phenoxy) is 2. The lowest BCUT2D eigenvalue weighted by Gasteiger charge is -2.21. The first-order chi connectivity index (χ1) is 10.2. The fraction of sp³-hybridized carbons (Fsp3) is 0.438. The maximum Gasteiger partial charge on any atom is 0.127 e. The zero-order chi connectivity index (χ0) is 15.2. The SMILES string of the molecule is CCCn1cc(C(NC)c2c(OC)cccc2OC)cn1. The summed E-state index contributed by atoms with van der Waals surface area (Å²) in [5.41, 5.74) is 2.08. The summed E-state index contributed by atoms with van der Waals surface area (Å²) >= 11 is 0. The Labute approximate surface area is 125 Å². The molecule has 0 spiro atoms. The van der Waals surface area contributed by atoms with Crippen LogP contribution in [-0.4, -0.2) is 31.0 Å². The largest absolute Gasteiger partial charge is 0.496 e. The minimum absolute atomic E-state index is 0.0262. The molecule has 1 aromatic carbocycles. The highest BCUT2D eigenvalue weighted by atomic mass is 16.5. The van der Waals surface area contributed by atoms with Crippen LogP contribution in [0.1, 0.15) is 30.5 Å². The fourth-order valence-corrected chi connectivity index (χ4v) is 2.52. The second-order valence-corrected chi connectivity index (χ2v) is 4.83. The van der Waals surface area contributed by atoms with Gasteiger partial charge in [-0.1, -0.05) is 13.0 Å². The van der Waals surface area contributed by atoms with Crippen LogP contribution < -0.4 is 14.8 Å². The molecule has 0 radical (unpaired) electrons. The Morgan fingerprint density at radius 1 is 1.24 bits per heavy atom. The van der Waals surface area contributed by atoms with Gasteiger partial charge < -0.3 is 14.8 Å². The van der Waals surface area contributed by atoms with Gasteiger partial charge in [-0.25, -0.2) is 0 Å². The average Bonchev–Trinajstić information content (AvgIpc) is 2.97. The highest BCUT2D eigenvalue weighted by Gasteiger charge is 2.22. The van der Waals surface area contributed by atoms with Crippen LogP contribution in [0.5, 0.6) is 11.5 Å². The lowest BCUT2D eigenvalue weighted by molar-refractivity contribution is 0.378. The second-order valence-electron chi connectivity index (χ2n) is 4.83. The van der Waals surface area contributed by atoms with E-state index < -0.39 is 0 Å². The molecule has 1 N–H and O–H groups in total. The van der Waals surface area contributed by atoms with E-state index >= 15 is 0 Å². The summed E-state index contributed by atoms with van der Waals surface area (Å²) in [6.07, 6.45) is 5.02. The van der Waals surface area contributed by atoms with E-state index in [2.05, 4.69) is 23.5 Å². The monoisotopic (exact) mass is 289 g/mol. The Morgan fingerprint density at radius 2 is 1.90 bits per heavy atom. The Morgan fingerprint density at radius 3 is 2.43 bits per heavy atom. The predicted molar refractivity (Wildman–Crippen MR) is 83.0 cm³/mol. The first kappa shape index (κ1) is 15.4. The lowest BCUT2D eigenvalue weighted by atomic mass is 9.99. The highest BCUT2D eigenvalue weighted by molar-refractivity contribution is 5.50. The molecule has 0 bridgehead atoms. The molecule has 1 aromatic heterocycles. The Hall–Kier alpha value is -2.01. The van der Waals surface area contributed by atoms with Crippen LogP contribution in [0.2, 0.25) is 0 Å². The number of nitrogens with zero attached hydrogens (tertiary/aromatic N) is 2. The molecule has 2 rings (SSSR count). The van der Waals surface area contributed by atoms with Crippen LogP contribution in [0, 0.1) is 0 Å². The van der Waals surface area contributed by atoms with Crippen LogP contribution in [0.4, 0.5) is 0 Å². The Bertz CT molecular complexity index is 558. The lowest BCUT2D eigenvalue weighted by Crippen LogP contribution is -2.19. The third-order valence-electron chi connectivity index (χ3n) is 3.48. The smallest absolute Gasteiger partial charge is 0.127 e. The van der Waals surface area contributed by atoms with Crippen molar-refractivity contribution in [3.8, 4) is 11.5 Å². The molecule has 5 nitrogen and oxygen atoms in total. The summed E-state index contributed by atoms with van der Waals surface area (Å²) in [6, 6.07) is 5.79. The Balaban J connectivity index is 2.44. The maximum absolute atomic E-state index is 5.50. The molecule has 114 valence electrons. The number of rotatable bonds is 7. The van der Waals surface area contributed by atoms with Gasteiger partial charge in [-0.15, -0.1) is 0 Å². The standard InChI is InChI=1S/C16H23N3O2/c1-5-9-19-11-12(10-18-19)16(17-2)15-13(20-3)7-6-8-14(15)21-4/h6-8,10-11,16-17H,5,9H2,1-4H3. The van der Waals surface area contributed by atoms with Gasteiger partial charge in [0, 0.05) is 18.3 Å². The van der Waals surface area contributed by atoms with E-state index in [-0.39, 0.29) is 6.04 Å². The molecule has 2 aromatic rings. The van der Waals surface area contributed by atoms with Crippen molar-refractivity contribution in [2.45, 2.75) is 25.9 Å². The second kappa shape index (κ2) is 7.13. The molecule has 1 atom stereocenters. The number of benzene rings is 1. The highest BCUT2D eigenvalue weighted by Crippen LogP contribution is 2.36. The summed E-state index contributed by atoms with van der Waals surface area (Å²) in [5, 5.41) is 7.73. The first-order valence-electron chi connectivity index (χ1n) is 7.15. The molecule has 0 fully saturated rings. The molecular formula is C16H23N3O2. The molecule has 5 heteroatoms. The van der Waals surface area contributed by atoms with Crippen LogP contribution >= 0.6 is 0 Å². The van der Waals surface area contributed by atoms with Crippen molar-refractivity contribution in [1.82, 2.24) is 15.1 Å². The van der Waals surface area contributed by atoms with E-state index in [1.807, 2.05) is 36.1 Å². The summed E-state index contributed by atoms with van der Waals surface area (Å²) in [6.45, 7) is 3.06. The van der Waals surface area contributed by atoms with Crippen LogP contribution in [0.3, 0.4) is 0 Å². The minimum Gasteiger partial charge on any atom is -0.496 e. The van der Waals surface area contributed by atoms with E-state index in [0.29, 0.717) is 0 Å². The van der Waals surface area contributed by atoms with Crippen LogP contribution in [0.15, 0.2) is 30.6 Å². The molecule has 0 amide bonds. The van der Waals surface area contributed by atoms with Gasteiger partial charge in [0.1, 0.15) is 11.5 Å². The van der Waals surface area contributed by atoms with Crippen molar-refractivity contribution in [3.05, 3.63) is 41.7 Å². The predicted octanol–water partition coefficient (Wildman–Crippen LogP) is 2.62. The van der Waals surface area contributed by atoms with Gasteiger partial charge in [-0.05, 0) is 25.6 Å². The zero-order valence-corrected chi connectivity index (χ0v) is 13.1. The number of nitrogens with one attached hydrogen (secondary N) is 1. The van der Waals surface area contributed by atoms with Crippen molar-refractivity contribution >= 4 is 0 Å². The van der Waals surface area contributed by atoms with Crippen molar-refractivity contribution in [1.29, 1.82) is 0 Å². The van der Waals surface area contributed by atoms with E-state index in [1.165, 1.54) is 0 Å². The van der Waals surface area contributed by atoms with E-state index in [4.69, 9.17) is 9.47 Å². The van der Waals surface area contributed by atoms with Crippen LogP contribution in [0.25, 0.3) is 0 Å². The van der Waals surface area contributed by atoms with Gasteiger partial charge in [0.25, 0.3) is 0 Å². The number of aromatic nitrogens is 2. The molecule has 21 heavy (non-hydrogen) atoms. The van der Waals surface area contributed by atoms with E-state index in [0.717, 1.165) is 35.6 Å². The van der Waals surface area contributed by atoms with Crippen molar-refractivity contribution in [2.24, 2.45) is 0 Å². The maximum atomic E-state index is 5.50. The summed E-state index contributed by atoms with van der Waals surface area (Å²) in [5.74, 6) is 1.61. The zero-order valence-electron chi connectivity index (χ0n) is 13.1. The fourth-order valence-electron chi connectivity index (χ4n) is 2.52. The number of aryl methyl sites for hydroxylation is 1. The molecule has 0 aliphatic heterocycles. The van der Waals surface area contributed by atoms with Gasteiger partial charge in [-0.2, -0.15) is 5.10 Å². The molecule has 1 heterocycles. The molecular weight excluding hydrogens is 266 g/mol. The summed E-state index contributed by atoms with van der Waals surface area (Å²) in [4.78, 5) is 0. The first-order valence-corrected chi connectivity index (χ1v) is 7.15. The number of hydrogen-bond donors (Lipinski definition) is 1. The summed E-state index contributed by atoms with van der Waals surface area (Å²) < 4.78 is 13.0. The van der Waals surface area contributed by atoms with Gasteiger partial charge in [0.2, 0.25) is 0 Å². The van der Waals surface area contributed by atoms with E-state index in [9.17, 15) is 0 Å². The number of hydrogen-bond acceptors (Lipinski definition) is 4. The van der Waals surface area contributed by atoms with Gasteiger partial charge in [0.15, 0.2) is 0 Å².